The summed E-state index contributed by atoms with van der Waals surface area (Å²) in [7, 11) is -2.34. The maximum absolute atomic E-state index is 11.2. The summed E-state index contributed by atoms with van der Waals surface area (Å²) in [6, 6.07) is 0. The van der Waals surface area contributed by atoms with Gasteiger partial charge in [-0.1, -0.05) is 0 Å². The maximum atomic E-state index is 11.2. The number of nitrogens with two attached hydrogens (primary N) is 1. The van der Waals surface area contributed by atoms with Crippen LogP contribution in [0.3, 0.4) is 0 Å². The molecule has 0 atom stereocenters. The van der Waals surface area contributed by atoms with Gasteiger partial charge in [0, 0.05) is 7.05 Å². The third-order valence-electron chi connectivity index (χ3n) is 1.57. The van der Waals surface area contributed by atoms with E-state index in [9.17, 15) is 8.42 Å². The zero-order valence-electron chi connectivity index (χ0n) is 6.50. The van der Waals surface area contributed by atoms with E-state index < -0.39 is 10.2 Å². The molecule has 0 aromatic carbocycles. The fourth-order valence-electron chi connectivity index (χ4n) is 0.890. The molecule has 13 heavy (non-hydrogen) atoms. The van der Waals surface area contributed by atoms with Gasteiger partial charge in [0.25, 0.3) is 0 Å². The van der Waals surface area contributed by atoms with Crippen molar-refractivity contribution in [2.45, 2.75) is 0 Å². The Hall–Kier alpha value is -1.22. The Labute approximate surface area is 78.4 Å². The van der Waals surface area contributed by atoms with Crippen LogP contribution in [0.15, 0.2) is 4.40 Å². The molecule has 1 aliphatic rings. The number of fused-ring (bicyclic) bond motifs is 1. The van der Waals surface area contributed by atoms with Gasteiger partial charge in [-0.2, -0.15) is 17.2 Å². The summed E-state index contributed by atoms with van der Waals surface area (Å²) in [5, 5.41) is 0. The molecule has 0 spiro atoms. The van der Waals surface area contributed by atoms with Crippen LogP contribution in [0, 0.1) is 0 Å². The zero-order chi connectivity index (χ0) is 9.64. The van der Waals surface area contributed by atoms with Crippen molar-refractivity contribution in [1.29, 1.82) is 0 Å². The highest BCUT2D eigenvalue weighted by atomic mass is 32.2. The Morgan fingerprint density at radius 2 is 2.15 bits per heavy atom. The molecule has 70 valence electrons. The van der Waals surface area contributed by atoms with Crippen LogP contribution in [0.25, 0.3) is 0 Å². The Morgan fingerprint density at radius 3 is 2.85 bits per heavy atom. The van der Waals surface area contributed by atoms with Crippen LogP contribution in [-0.2, 0) is 10.2 Å². The molecular weight excluding hydrogens is 214 g/mol. The van der Waals surface area contributed by atoms with Gasteiger partial charge < -0.3 is 5.73 Å². The fourth-order valence-corrected chi connectivity index (χ4v) is 2.33. The topological polar surface area (TPSA) is 102 Å². The Kier molecular flexibility index (Phi) is 1.54. The van der Waals surface area contributed by atoms with Crippen molar-refractivity contribution >= 4 is 33.6 Å². The summed E-state index contributed by atoms with van der Waals surface area (Å²) in [5.41, 5.74) is 5.70. The summed E-state index contributed by atoms with van der Waals surface area (Å²) < 4.78 is 34.4. The molecule has 2 N–H and O–H groups in total. The van der Waals surface area contributed by atoms with Gasteiger partial charge in [-0.15, -0.1) is 4.40 Å². The molecule has 1 aromatic rings. The van der Waals surface area contributed by atoms with Gasteiger partial charge in [-0.25, -0.2) is 4.31 Å². The van der Waals surface area contributed by atoms with Crippen LogP contribution in [0.5, 0.6) is 0 Å². The largest absolute Gasteiger partial charge is 0.381 e. The quantitative estimate of drug-likeness (QED) is 0.599. The van der Waals surface area contributed by atoms with Crippen LogP contribution in [0.1, 0.15) is 5.69 Å². The minimum Gasteiger partial charge on any atom is -0.381 e. The van der Waals surface area contributed by atoms with E-state index in [1.165, 1.54) is 7.05 Å². The molecule has 0 saturated carbocycles. The molecule has 2 heterocycles. The molecule has 0 amide bonds. The fraction of sp³-hybridized carbons (Fsp3) is 0.250. The second-order valence-electron chi connectivity index (χ2n) is 2.36. The lowest BCUT2D eigenvalue weighted by molar-refractivity contribution is 0.595. The van der Waals surface area contributed by atoms with Crippen LogP contribution < -0.4 is 10.0 Å². The highest BCUT2D eigenvalue weighted by molar-refractivity contribution is 7.91. The third-order valence-corrected chi connectivity index (χ3v) is 3.38. The molecule has 7 nitrogen and oxygen atoms in total. The second-order valence-corrected chi connectivity index (χ2v) is 4.51. The molecule has 2 rings (SSSR count). The van der Waals surface area contributed by atoms with Gasteiger partial charge in [-0.3, -0.25) is 0 Å². The van der Waals surface area contributed by atoms with E-state index in [1.54, 1.807) is 0 Å². The van der Waals surface area contributed by atoms with Gasteiger partial charge in [0.2, 0.25) is 0 Å². The predicted molar refractivity (Wildman–Crippen MR) is 48.0 cm³/mol. The van der Waals surface area contributed by atoms with E-state index >= 15 is 0 Å². The Morgan fingerprint density at radius 1 is 1.46 bits per heavy atom. The summed E-state index contributed by atoms with van der Waals surface area (Å²) >= 11 is 0.897. The van der Waals surface area contributed by atoms with Crippen molar-refractivity contribution in [2.75, 3.05) is 11.4 Å². The minimum atomic E-state index is -3.69. The van der Waals surface area contributed by atoms with E-state index in [0.29, 0.717) is 5.69 Å². The lowest BCUT2D eigenvalue weighted by Gasteiger charge is -2.17. The number of anilines is 1. The van der Waals surface area contributed by atoms with Crippen molar-refractivity contribution in [2.24, 2.45) is 10.1 Å². The maximum Gasteiger partial charge on any atom is 0.347 e. The molecule has 0 bridgehead atoms. The van der Waals surface area contributed by atoms with Gasteiger partial charge in [-0.05, 0) is 0 Å². The summed E-state index contributed by atoms with van der Waals surface area (Å²) in [6.45, 7) is 0. The highest BCUT2D eigenvalue weighted by Gasteiger charge is 2.30. The third kappa shape index (κ3) is 1.08. The first-order valence-corrected chi connectivity index (χ1v) is 5.32. The number of amidine groups is 1. The van der Waals surface area contributed by atoms with E-state index in [1.807, 2.05) is 0 Å². The van der Waals surface area contributed by atoms with E-state index in [2.05, 4.69) is 13.1 Å². The van der Waals surface area contributed by atoms with Gasteiger partial charge in [0.15, 0.2) is 17.3 Å². The molecule has 1 aromatic heterocycles. The number of nitrogens with zero attached hydrogens (tertiary/aromatic N) is 4. The molecule has 0 radical (unpaired) electrons. The normalized spacial score (nSPS) is 19.5. The summed E-state index contributed by atoms with van der Waals surface area (Å²) in [4.78, 5) is 0. The average Bonchev–Trinajstić information content (AvgIpc) is 2.47. The Balaban J connectivity index is 2.74. The van der Waals surface area contributed by atoms with Crippen molar-refractivity contribution in [3.8, 4) is 0 Å². The molecule has 9 heteroatoms. The standard InChI is InChI=1S/C4H5N5O2S2/c1-9-4-2(6-12-7-4)3(5)8-13(9,10)11/h1H3,(H2,5,8). The number of aromatic nitrogens is 2. The minimum absolute atomic E-state index is 0.109. The molecule has 1 aliphatic heterocycles. The number of rotatable bonds is 0. The lowest BCUT2D eigenvalue weighted by Crippen LogP contribution is -2.34. The first kappa shape index (κ1) is 8.38. The molecule has 0 fully saturated rings. The van der Waals surface area contributed by atoms with Crippen LogP contribution in [0.4, 0.5) is 5.82 Å². The number of hydrogen-bond donors (Lipinski definition) is 1. The van der Waals surface area contributed by atoms with E-state index in [4.69, 9.17) is 5.73 Å². The first-order chi connectivity index (χ1) is 6.02. The molecular formula is C4H5N5O2S2. The molecule has 0 aliphatic carbocycles. The summed E-state index contributed by atoms with van der Waals surface area (Å²) in [5.74, 6) is 0.124. The monoisotopic (exact) mass is 219 g/mol. The highest BCUT2D eigenvalue weighted by Crippen LogP contribution is 2.24. The van der Waals surface area contributed by atoms with E-state index in [0.717, 1.165) is 16.0 Å². The van der Waals surface area contributed by atoms with E-state index in [-0.39, 0.29) is 11.7 Å². The van der Waals surface area contributed by atoms with Crippen LogP contribution >= 0.6 is 11.7 Å². The van der Waals surface area contributed by atoms with Crippen molar-refractivity contribution in [3.05, 3.63) is 5.69 Å². The summed E-state index contributed by atoms with van der Waals surface area (Å²) in [6.07, 6.45) is 0. The molecule has 0 saturated heterocycles. The second kappa shape index (κ2) is 2.39. The van der Waals surface area contributed by atoms with Crippen LogP contribution in [-0.4, -0.2) is 30.0 Å². The van der Waals surface area contributed by atoms with Gasteiger partial charge >= 0.3 is 10.2 Å². The van der Waals surface area contributed by atoms with Crippen LogP contribution in [0.2, 0.25) is 0 Å². The Bertz CT molecular complexity index is 474. The van der Waals surface area contributed by atoms with Crippen molar-refractivity contribution in [3.63, 3.8) is 0 Å². The zero-order valence-corrected chi connectivity index (χ0v) is 8.13. The van der Waals surface area contributed by atoms with Gasteiger partial charge in [0.1, 0.15) is 0 Å². The first-order valence-electron chi connectivity index (χ1n) is 3.19. The predicted octanol–water partition coefficient (Wildman–Crippen LogP) is -1.06. The number of hydrogen-bond acceptors (Lipinski definition) is 6. The van der Waals surface area contributed by atoms with Crippen molar-refractivity contribution in [1.82, 2.24) is 8.75 Å². The van der Waals surface area contributed by atoms with Gasteiger partial charge in [0.05, 0.1) is 11.7 Å². The SMILES string of the molecule is CN1c2nsnc2C(N)=NS1(=O)=O. The lowest BCUT2D eigenvalue weighted by atomic mass is 10.4. The average molecular weight is 219 g/mol. The van der Waals surface area contributed by atoms with Crippen molar-refractivity contribution < 1.29 is 8.42 Å². The smallest absolute Gasteiger partial charge is 0.347 e. The molecule has 0 unspecified atom stereocenters.